The van der Waals surface area contributed by atoms with Crippen LogP contribution in [0.4, 0.5) is 0 Å². The summed E-state index contributed by atoms with van der Waals surface area (Å²) >= 11 is 2.67. The molecule has 0 amide bonds. The Morgan fingerprint density at radius 3 is 3.11 bits per heavy atom. The van der Waals surface area contributed by atoms with Gasteiger partial charge in [0.2, 0.25) is 0 Å². The topological polar surface area (TPSA) is 97.3 Å². The van der Waals surface area contributed by atoms with Gasteiger partial charge in [0.05, 0.1) is 5.56 Å². The highest BCUT2D eigenvalue weighted by molar-refractivity contribution is 8.01. The second kappa shape index (κ2) is 5.78. The van der Waals surface area contributed by atoms with Crippen LogP contribution >= 0.6 is 23.3 Å². The number of hydrogen-bond acceptors (Lipinski definition) is 7. The molecule has 0 fully saturated rings. The summed E-state index contributed by atoms with van der Waals surface area (Å²) in [6.45, 7) is 2.00. The number of amidine groups is 1. The van der Waals surface area contributed by atoms with Crippen molar-refractivity contribution < 1.29 is 5.21 Å². The Balaban J connectivity index is 2.28. The van der Waals surface area contributed by atoms with Crippen molar-refractivity contribution in [2.75, 3.05) is 0 Å². The van der Waals surface area contributed by atoms with Crippen LogP contribution in [0.1, 0.15) is 18.3 Å². The Labute approximate surface area is 112 Å². The summed E-state index contributed by atoms with van der Waals surface area (Å²) < 4.78 is 4.99. The van der Waals surface area contributed by atoms with Crippen LogP contribution in [0.5, 0.6) is 0 Å². The zero-order chi connectivity index (χ0) is 13.0. The van der Waals surface area contributed by atoms with E-state index in [4.69, 9.17) is 10.9 Å². The second-order valence-corrected chi connectivity index (χ2v) is 5.26. The highest BCUT2D eigenvalue weighted by Crippen LogP contribution is 2.29. The first kappa shape index (κ1) is 12.8. The zero-order valence-electron chi connectivity index (χ0n) is 9.57. The normalized spacial score (nSPS) is 11.7. The lowest BCUT2D eigenvalue weighted by atomic mass is 10.3. The molecule has 6 nitrogen and oxygen atoms in total. The SMILES string of the molecule is CCc1nsc(Sc2ncccc2/C(N)=N/O)n1. The molecule has 0 saturated carbocycles. The monoisotopic (exact) mass is 281 g/mol. The molecule has 94 valence electrons. The van der Waals surface area contributed by atoms with Gasteiger partial charge in [0.25, 0.3) is 0 Å². The van der Waals surface area contributed by atoms with Crippen LogP contribution in [-0.2, 0) is 6.42 Å². The van der Waals surface area contributed by atoms with Gasteiger partial charge < -0.3 is 10.9 Å². The van der Waals surface area contributed by atoms with Gasteiger partial charge in [0, 0.05) is 12.6 Å². The molecule has 0 aliphatic carbocycles. The number of oxime groups is 1. The van der Waals surface area contributed by atoms with Gasteiger partial charge in [-0.1, -0.05) is 12.1 Å². The van der Waals surface area contributed by atoms with Crippen molar-refractivity contribution in [2.24, 2.45) is 10.9 Å². The van der Waals surface area contributed by atoms with Gasteiger partial charge in [0.1, 0.15) is 10.9 Å². The fourth-order valence-electron chi connectivity index (χ4n) is 1.23. The van der Waals surface area contributed by atoms with Crippen LogP contribution < -0.4 is 5.73 Å². The predicted molar refractivity (Wildman–Crippen MR) is 70.2 cm³/mol. The lowest BCUT2D eigenvalue weighted by Crippen LogP contribution is -2.14. The summed E-state index contributed by atoms with van der Waals surface area (Å²) in [6.07, 6.45) is 2.45. The first-order valence-electron chi connectivity index (χ1n) is 5.18. The maximum Gasteiger partial charge on any atom is 0.176 e. The minimum absolute atomic E-state index is 0.0332. The molecule has 2 aromatic rings. The van der Waals surface area contributed by atoms with Crippen molar-refractivity contribution in [3.63, 3.8) is 0 Å². The number of aryl methyl sites for hydroxylation is 1. The molecule has 2 heterocycles. The molecular weight excluding hydrogens is 270 g/mol. The Morgan fingerprint density at radius 1 is 1.61 bits per heavy atom. The van der Waals surface area contributed by atoms with Gasteiger partial charge in [-0.2, -0.15) is 4.37 Å². The average molecular weight is 281 g/mol. The van der Waals surface area contributed by atoms with E-state index in [1.807, 2.05) is 6.92 Å². The maximum absolute atomic E-state index is 8.72. The molecule has 0 atom stereocenters. The number of aromatic nitrogens is 3. The van der Waals surface area contributed by atoms with E-state index >= 15 is 0 Å². The Kier molecular flexibility index (Phi) is 4.11. The minimum atomic E-state index is 0.0332. The average Bonchev–Trinajstić information content (AvgIpc) is 2.86. The fraction of sp³-hybridized carbons (Fsp3) is 0.200. The Bertz CT molecular complexity index is 569. The summed E-state index contributed by atoms with van der Waals surface area (Å²) in [5.74, 6) is 0.842. The van der Waals surface area contributed by atoms with E-state index in [0.29, 0.717) is 10.6 Å². The number of rotatable bonds is 4. The molecule has 0 bridgehead atoms. The van der Waals surface area contributed by atoms with Crippen molar-refractivity contribution in [3.8, 4) is 0 Å². The smallest absolute Gasteiger partial charge is 0.176 e. The van der Waals surface area contributed by atoms with Crippen molar-refractivity contribution in [1.29, 1.82) is 0 Å². The standard InChI is InChI=1S/C10H11N5OS2/c1-2-7-13-10(18-15-7)17-9-6(8(11)14-16)4-3-5-12-9/h3-5,16H,2H2,1H3,(H2,11,14). The number of hydrogen-bond donors (Lipinski definition) is 2. The first-order chi connectivity index (χ1) is 8.74. The minimum Gasteiger partial charge on any atom is -0.409 e. The molecule has 8 heteroatoms. The van der Waals surface area contributed by atoms with Crippen LogP contribution in [0, 0.1) is 0 Å². The third-order valence-corrected chi connectivity index (χ3v) is 3.91. The van der Waals surface area contributed by atoms with Crippen molar-refractivity contribution in [1.82, 2.24) is 14.3 Å². The number of nitrogens with zero attached hydrogens (tertiary/aromatic N) is 4. The van der Waals surface area contributed by atoms with E-state index in [0.717, 1.165) is 16.6 Å². The molecular formula is C10H11N5OS2. The molecule has 0 aromatic carbocycles. The van der Waals surface area contributed by atoms with E-state index < -0.39 is 0 Å². The van der Waals surface area contributed by atoms with E-state index in [1.54, 1.807) is 18.3 Å². The molecule has 18 heavy (non-hydrogen) atoms. The van der Waals surface area contributed by atoms with E-state index in [2.05, 4.69) is 19.5 Å². The van der Waals surface area contributed by atoms with Crippen LogP contribution in [-0.4, -0.2) is 25.4 Å². The molecule has 2 rings (SSSR count). The van der Waals surface area contributed by atoms with Crippen molar-refractivity contribution >= 4 is 29.1 Å². The van der Waals surface area contributed by atoms with Gasteiger partial charge in [-0.05, 0) is 35.4 Å². The fourth-order valence-corrected chi connectivity index (χ4v) is 2.94. The third kappa shape index (κ3) is 2.77. The van der Waals surface area contributed by atoms with Gasteiger partial charge in [0.15, 0.2) is 10.2 Å². The summed E-state index contributed by atoms with van der Waals surface area (Å²) in [5, 5.41) is 12.4. The molecule has 0 saturated heterocycles. The van der Waals surface area contributed by atoms with Crippen LogP contribution in [0.25, 0.3) is 0 Å². The molecule has 0 aliphatic rings. The summed E-state index contributed by atoms with van der Waals surface area (Å²) in [5.41, 5.74) is 6.18. The number of pyridine rings is 1. The van der Waals surface area contributed by atoms with E-state index in [9.17, 15) is 0 Å². The molecule has 0 spiro atoms. The summed E-state index contributed by atoms with van der Waals surface area (Å²) in [7, 11) is 0. The molecule has 0 unspecified atom stereocenters. The van der Waals surface area contributed by atoms with E-state index in [-0.39, 0.29) is 5.84 Å². The van der Waals surface area contributed by atoms with Gasteiger partial charge in [-0.3, -0.25) is 0 Å². The van der Waals surface area contributed by atoms with E-state index in [1.165, 1.54) is 23.3 Å². The largest absolute Gasteiger partial charge is 0.409 e. The second-order valence-electron chi connectivity index (χ2n) is 3.27. The van der Waals surface area contributed by atoms with Gasteiger partial charge >= 0.3 is 0 Å². The number of nitrogens with two attached hydrogens (primary N) is 1. The van der Waals surface area contributed by atoms with Gasteiger partial charge in [-0.15, -0.1) is 0 Å². The van der Waals surface area contributed by atoms with Crippen molar-refractivity contribution in [3.05, 3.63) is 29.7 Å². The van der Waals surface area contributed by atoms with Crippen LogP contribution in [0.2, 0.25) is 0 Å². The molecule has 3 N–H and O–H groups in total. The summed E-state index contributed by atoms with van der Waals surface area (Å²) in [4.78, 5) is 8.55. The first-order valence-corrected chi connectivity index (χ1v) is 6.77. The lowest BCUT2D eigenvalue weighted by Gasteiger charge is -2.03. The van der Waals surface area contributed by atoms with Crippen molar-refractivity contribution in [2.45, 2.75) is 22.7 Å². The quantitative estimate of drug-likeness (QED) is 0.383. The predicted octanol–water partition coefficient (Wildman–Crippen LogP) is 1.74. The maximum atomic E-state index is 8.72. The third-order valence-electron chi connectivity index (χ3n) is 2.10. The molecule has 0 radical (unpaired) electrons. The Hall–Kier alpha value is -1.67. The lowest BCUT2D eigenvalue weighted by molar-refractivity contribution is 0.318. The molecule has 0 aliphatic heterocycles. The summed E-state index contributed by atoms with van der Waals surface area (Å²) in [6, 6.07) is 3.47. The highest BCUT2D eigenvalue weighted by atomic mass is 32.2. The molecule has 2 aromatic heterocycles. The Morgan fingerprint density at radius 2 is 2.44 bits per heavy atom. The van der Waals surface area contributed by atoms with Gasteiger partial charge in [-0.25, -0.2) is 9.97 Å². The highest BCUT2D eigenvalue weighted by Gasteiger charge is 2.12. The zero-order valence-corrected chi connectivity index (χ0v) is 11.2. The van der Waals surface area contributed by atoms with Crippen LogP contribution in [0.3, 0.4) is 0 Å². The van der Waals surface area contributed by atoms with Crippen LogP contribution in [0.15, 0.2) is 32.9 Å².